The predicted molar refractivity (Wildman–Crippen MR) is 97.6 cm³/mol. The molecule has 0 atom stereocenters. The summed E-state index contributed by atoms with van der Waals surface area (Å²) in [5, 5.41) is 0. The zero-order chi connectivity index (χ0) is 17.6. The first-order valence-corrected chi connectivity index (χ1v) is 10.7. The molecule has 5 heteroatoms. The van der Waals surface area contributed by atoms with Crippen LogP contribution < -0.4 is 0 Å². The maximum absolute atomic E-state index is 12.3. The molecular weight excluding hydrogens is 322 g/mol. The van der Waals surface area contributed by atoms with E-state index in [4.69, 9.17) is 0 Å². The van der Waals surface area contributed by atoms with Gasteiger partial charge in [-0.15, -0.1) is 0 Å². The van der Waals surface area contributed by atoms with Gasteiger partial charge in [0.1, 0.15) is 5.75 Å². The smallest absolute Gasteiger partial charge is 0.237 e. The van der Waals surface area contributed by atoms with Gasteiger partial charge in [0.05, 0.1) is 5.75 Å². The summed E-state index contributed by atoms with van der Waals surface area (Å²) in [6, 6.07) is 10.0. The third-order valence-electron chi connectivity index (χ3n) is 5.03. The van der Waals surface area contributed by atoms with Crippen molar-refractivity contribution in [3.63, 3.8) is 0 Å². The van der Waals surface area contributed by atoms with Crippen molar-refractivity contribution >= 4 is 15.7 Å². The van der Waals surface area contributed by atoms with E-state index in [-0.39, 0.29) is 23.5 Å². The second kappa shape index (κ2) is 8.65. The minimum atomic E-state index is -3.34. The Morgan fingerprint density at radius 1 is 1.12 bits per heavy atom. The molecule has 0 saturated heterocycles. The van der Waals surface area contributed by atoms with Crippen molar-refractivity contribution in [3.8, 4) is 0 Å². The highest BCUT2D eigenvalue weighted by Gasteiger charge is 2.27. The molecule has 2 rings (SSSR count). The van der Waals surface area contributed by atoms with Crippen molar-refractivity contribution in [2.45, 2.75) is 51.5 Å². The number of aryl methyl sites for hydroxylation is 1. The number of amides is 1. The van der Waals surface area contributed by atoms with E-state index in [1.165, 1.54) is 0 Å². The van der Waals surface area contributed by atoms with E-state index in [9.17, 15) is 13.2 Å². The zero-order valence-electron chi connectivity index (χ0n) is 14.8. The highest BCUT2D eigenvalue weighted by atomic mass is 32.2. The van der Waals surface area contributed by atoms with E-state index in [0.717, 1.165) is 37.7 Å². The van der Waals surface area contributed by atoms with Crippen LogP contribution >= 0.6 is 0 Å². The number of hydrogen-bond acceptors (Lipinski definition) is 3. The first-order chi connectivity index (χ1) is 11.4. The van der Waals surface area contributed by atoms with Crippen molar-refractivity contribution in [2.24, 2.45) is 5.92 Å². The molecule has 0 unspecified atom stereocenters. The fourth-order valence-electron chi connectivity index (χ4n) is 3.34. The number of nitrogens with zero attached hydrogens (tertiary/aromatic N) is 1. The molecule has 0 radical (unpaired) electrons. The summed E-state index contributed by atoms with van der Waals surface area (Å²) >= 11 is 0. The van der Waals surface area contributed by atoms with Crippen LogP contribution in [0.1, 0.15) is 44.6 Å². The summed E-state index contributed by atoms with van der Waals surface area (Å²) in [6.45, 7) is 2.23. The molecule has 1 saturated carbocycles. The zero-order valence-corrected chi connectivity index (χ0v) is 15.6. The van der Waals surface area contributed by atoms with Gasteiger partial charge in [0.15, 0.2) is 9.84 Å². The first-order valence-electron chi connectivity index (χ1n) is 8.87. The van der Waals surface area contributed by atoms with Gasteiger partial charge in [0.25, 0.3) is 0 Å². The molecule has 134 valence electrons. The van der Waals surface area contributed by atoms with Crippen molar-refractivity contribution < 1.29 is 13.2 Å². The predicted octanol–water partition coefficient (Wildman–Crippen LogP) is 3.07. The molecule has 0 aromatic heterocycles. The van der Waals surface area contributed by atoms with E-state index in [1.54, 1.807) is 11.9 Å². The molecule has 1 aliphatic carbocycles. The van der Waals surface area contributed by atoms with Crippen LogP contribution in [0.5, 0.6) is 0 Å². The Labute approximate surface area is 146 Å². The Balaban J connectivity index is 1.78. The van der Waals surface area contributed by atoms with Crippen molar-refractivity contribution in [1.82, 2.24) is 4.90 Å². The largest absolute Gasteiger partial charge is 0.342 e. The van der Waals surface area contributed by atoms with Gasteiger partial charge in [-0.2, -0.15) is 0 Å². The van der Waals surface area contributed by atoms with Crippen molar-refractivity contribution in [1.29, 1.82) is 0 Å². The van der Waals surface area contributed by atoms with Gasteiger partial charge in [-0.3, -0.25) is 4.79 Å². The van der Waals surface area contributed by atoms with Gasteiger partial charge in [-0.1, -0.05) is 37.3 Å². The lowest BCUT2D eigenvalue weighted by Crippen LogP contribution is -2.42. The summed E-state index contributed by atoms with van der Waals surface area (Å²) < 4.78 is 24.4. The van der Waals surface area contributed by atoms with E-state index in [0.29, 0.717) is 12.3 Å². The minimum Gasteiger partial charge on any atom is -0.342 e. The van der Waals surface area contributed by atoms with Crippen LogP contribution in [0.25, 0.3) is 0 Å². The Kier molecular flexibility index (Phi) is 6.84. The second-order valence-electron chi connectivity index (χ2n) is 7.10. The topological polar surface area (TPSA) is 54.5 Å². The number of hydrogen-bond donors (Lipinski definition) is 0. The fraction of sp³-hybridized carbons (Fsp3) is 0.632. The molecule has 4 nitrogen and oxygen atoms in total. The maximum Gasteiger partial charge on any atom is 0.237 e. The lowest BCUT2D eigenvalue weighted by Gasteiger charge is -2.33. The molecule has 0 bridgehead atoms. The number of carbonyl (C=O) groups excluding carboxylic acids is 1. The average molecular weight is 352 g/mol. The van der Waals surface area contributed by atoms with Crippen LogP contribution in [0.2, 0.25) is 0 Å². The molecular formula is C19H29NO3S. The highest BCUT2D eigenvalue weighted by molar-refractivity contribution is 7.92. The van der Waals surface area contributed by atoms with Gasteiger partial charge < -0.3 is 4.90 Å². The van der Waals surface area contributed by atoms with E-state index >= 15 is 0 Å². The summed E-state index contributed by atoms with van der Waals surface area (Å²) in [5.41, 5.74) is 1.13. The standard InChI is InChI=1S/C19H29NO3S/c1-16-10-12-18(13-11-16)20(2)19(21)15-24(22,23)14-6-9-17-7-4-3-5-8-17/h3-5,7-8,16,18H,6,9-15H2,1-2H3. The Morgan fingerprint density at radius 2 is 1.75 bits per heavy atom. The van der Waals surface area contributed by atoms with Crippen molar-refractivity contribution in [3.05, 3.63) is 35.9 Å². The quantitative estimate of drug-likeness (QED) is 0.758. The molecule has 1 aromatic rings. The Morgan fingerprint density at radius 3 is 2.38 bits per heavy atom. The van der Waals surface area contributed by atoms with Gasteiger partial charge in [-0.25, -0.2) is 8.42 Å². The molecule has 0 heterocycles. The van der Waals surface area contributed by atoms with Crippen LogP contribution in [0.3, 0.4) is 0 Å². The SMILES string of the molecule is CC1CCC(N(C)C(=O)CS(=O)(=O)CCCc2ccccc2)CC1. The number of sulfone groups is 1. The third kappa shape index (κ3) is 5.93. The summed E-state index contributed by atoms with van der Waals surface area (Å²) in [4.78, 5) is 14.0. The molecule has 0 aliphatic heterocycles. The average Bonchev–Trinajstić information content (AvgIpc) is 2.55. The lowest BCUT2D eigenvalue weighted by atomic mass is 9.87. The molecule has 0 N–H and O–H groups in total. The van der Waals surface area contributed by atoms with E-state index < -0.39 is 9.84 Å². The first kappa shape index (κ1) is 19.0. The van der Waals surface area contributed by atoms with E-state index in [1.807, 2.05) is 30.3 Å². The van der Waals surface area contributed by atoms with Crippen LogP contribution in [-0.4, -0.2) is 43.8 Å². The van der Waals surface area contributed by atoms with Crippen LogP contribution in [-0.2, 0) is 21.1 Å². The number of benzene rings is 1. The molecule has 1 fully saturated rings. The molecule has 1 aromatic carbocycles. The monoisotopic (exact) mass is 351 g/mol. The van der Waals surface area contributed by atoms with Crippen LogP contribution in [0.4, 0.5) is 0 Å². The number of carbonyl (C=O) groups is 1. The Hall–Kier alpha value is -1.36. The molecule has 1 amide bonds. The molecule has 1 aliphatic rings. The van der Waals surface area contributed by atoms with Gasteiger partial charge in [0, 0.05) is 13.1 Å². The molecule has 0 spiro atoms. The summed E-state index contributed by atoms with van der Waals surface area (Å²) in [7, 11) is -1.58. The van der Waals surface area contributed by atoms with Crippen molar-refractivity contribution in [2.75, 3.05) is 18.6 Å². The van der Waals surface area contributed by atoms with E-state index in [2.05, 4.69) is 6.92 Å². The normalized spacial score (nSPS) is 21.4. The lowest BCUT2D eigenvalue weighted by molar-refractivity contribution is -0.129. The molecule has 24 heavy (non-hydrogen) atoms. The minimum absolute atomic E-state index is 0.0726. The Bertz CT molecular complexity index is 619. The van der Waals surface area contributed by atoms with Gasteiger partial charge in [-0.05, 0) is 50.0 Å². The summed E-state index contributed by atoms with van der Waals surface area (Å²) in [6.07, 6.45) is 5.49. The van der Waals surface area contributed by atoms with Crippen LogP contribution in [0.15, 0.2) is 30.3 Å². The summed E-state index contributed by atoms with van der Waals surface area (Å²) in [5.74, 6) is 0.175. The highest BCUT2D eigenvalue weighted by Crippen LogP contribution is 2.26. The fourth-order valence-corrected chi connectivity index (χ4v) is 4.64. The third-order valence-corrected chi connectivity index (χ3v) is 6.63. The van der Waals surface area contributed by atoms with Gasteiger partial charge in [0.2, 0.25) is 5.91 Å². The maximum atomic E-state index is 12.3. The second-order valence-corrected chi connectivity index (χ2v) is 9.28. The number of rotatable bonds is 7. The van der Waals surface area contributed by atoms with Crippen LogP contribution in [0, 0.1) is 5.92 Å². The van der Waals surface area contributed by atoms with Gasteiger partial charge >= 0.3 is 0 Å².